The van der Waals surface area contributed by atoms with Gasteiger partial charge in [-0.3, -0.25) is 4.68 Å². The van der Waals surface area contributed by atoms with Crippen LogP contribution in [0.2, 0.25) is 0 Å². The van der Waals surface area contributed by atoms with Crippen LogP contribution in [-0.4, -0.2) is 26.9 Å². The average molecular weight is 223 g/mol. The normalized spacial score (nSPS) is 16.1. The molecule has 0 unspecified atom stereocenters. The van der Waals surface area contributed by atoms with Crippen molar-refractivity contribution >= 4 is 5.97 Å². The number of carboxylic acids is 1. The second-order valence-corrected chi connectivity index (χ2v) is 4.15. The van der Waals surface area contributed by atoms with Crippen molar-refractivity contribution < 1.29 is 9.90 Å². The molecule has 1 heterocycles. The molecule has 5 heteroatoms. The third-order valence-corrected chi connectivity index (χ3v) is 3.03. The minimum absolute atomic E-state index is 0.271. The SMILES string of the molecule is CCn1nc(CNC2CCC2)cc1C(=O)O. The van der Waals surface area contributed by atoms with Crippen molar-refractivity contribution in [2.24, 2.45) is 0 Å². The molecule has 0 radical (unpaired) electrons. The van der Waals surface area contributed by atoms with Crippen molar-refractivity contribution in [2.45, 2.75) is 45.3 Å². The van der Waals surface area contributed by atoms with Crippen LogP contribution in [0.25, 0.3) is 0 Å². The van der Waals surface area contributed by atoms with E-state index < -0.39 is 5.97 Å². The predicted octanol–water partition coefficient (Wildman–Crippen LogP) is 1.24. The van der Waals surface area contributed by atoms with Gasteiger partial charge in [-0.2, -0.15) is 5.10 Å². The van der Waals surface area contributed by atoms with Gasteiger partial charge in [0, 0.05) is 19.1 Å². The molecule has 1 aliphatic carbocycles. The molecule has 1 aromatic rings. The Bertz CT molecular complexity index is 383. The molecule has 0 spiro atoms. The van der Waals surface area contributed by atoms with E-state index in [0.29, 0.717) is 19.1 Å². The zero-order valence-electron chi connectivity index (χ0n) is 9.44. The lowest BCUT2D eigenvalue weighted by Crippen LogP contribution is -2.34. The summed E-state index contributed by atoms with van der Waals surface area (Å²) in [6.45, 7) is 3.14. The van der Waals surface area contributed by atoms with Crippen molar-refractivity contribution in [2.75, 3.05) is 0 Å². The highest BCUT2D eigenvalue weighted by atomic mass is 16.4. The largest absolute Gasteiger partial charge is 0.477 e. The Balaban J connectivity index is 2.00. The zero-order valence-corrected chi connectivity index (χ0v) is 9.44. The molecule has 0 aromatic carbocycles. The van der Waals surface area contributed by atoms with Gasteiger partial charge >= 0.3 is 5.97 Å². The number of aromatic nitrogens is 2. The highest BCUT2D eigenvalue weighted by molar-refractivity contribution is 5.85. The molecule has 2 rings (SSSR count). The summed E-state index contributed by atoms with van der Waals surface area (Å²) in [6, 6.07) is 2.25. The summed E-state index contributed by atoms with van der Waals surface area (Å²) >= 11 is 0. The van der Waals surface area contributed by atoms with Crippen LogP contribution < -0.4 is 5.32 Å². The lowest BCUT2D eigenvalue weighted by atomic mass is 9.93. The molecule has 0 atom stereocenters. The van der Waals surface area contributed by atoms with Gasteiger partial charge in [0.1, 0.15) is 5.69 Å². The summed E-state index contributed by atoms with van der Waals surface area (Å²) in [5.74, 6) is -0.913. The van der Waals surface area contributed by atoms with Crippen LogP contribution in [0, 0.1) is 0 Å². The Kier molecular flexibility index (Phi) is 3.24. The van der Waals surface area contributed by atoms with Gasteiger partial charge in [-0.1, -0.05) is 6.42 Å². The Morgan fingerprint density at radius 3 is 2.88 bits per heavy atom. The zero-order chi connectivity index (χ0) is 11.5. The molecule has 16 heavy (non-hydrogen) atoms. The fourth-order valence-electron chi connectivity index (χ4n) is 1.83. The van der Waals surface area contributed by atoms with Gasteiger partial charge < -0.3 is 10.4 Å². The first-order chi connectivity index (χ1) is 7.70. The van der Waals surface area contributed by atoms with Crippen LogP contribution in [-0.2, 0) is 13.1 Å². The minimum Gasteiger partial charge on any atom is -0.477 e. The molecule has 2 N–H and O–H groups in total. The summed E-state index contributed by atoms with van der Waals surface area (Å²) in [5.41, 5.74) is 1.08. The van der Waals surface area contributed by atoms with Gasteiger partial charge in [-0.05, 0) is 25.8 Å². The number of rotatable bonds is 5. The summed E-state index contributed by atoms with van der Waals surface area (Å²) in [7, 11) is 0. The number of aromatic carboxylic acids is 1. The number of hydrogen-bond acceptors (Lipinski definition) is 3. The first-order valence-corrected chi connectivity index (χ1v) is 5.74. The first-order valence-electron chi connectivity index (χ1n) is 5.74. The van der Waals surface area contributed by atoms with Gasteiger partial charge in [-0.25, -0.2) is 4.79 Å². The highest BCUT2D eigenvalue weighted by Gasteiger charge is 2.18. The number of nitrogens with one attached hydrogen (secondary N) is 1. The van der Waals surface area contributed by atoms with Crippen molar-refractivity contribution in [1.29, 1.82) is 0 Å². The van der Waals surface area contributed by atoms with Crippen molar-refractivity contribution in [3.8, 4) is 0 Å². The maximum atomic E-state index is 10.9. The van der Waals surface area contributed by atoms with E-state index in [-0.39, 0.29) is 5.69 Å². The molecule has 0 saturated heterocycles. The Morgan fingerprint density at radius 2 is 2.44 bits per heavy atom. The molecule has 1 fully saturated rings. The quantitative estimate of drug-likeness (QED) is 0.788. The van der Waals surface area contributed by atoms with Gasteiger partial charge in [0.05, 0.1) is 5.69 Å². The third kappa shape index (κ3) is 2.24. The Labute approximate surface area is 94.5 Å². The Hall–Kier alpha value is -1.36. The number of nitrogens with zero attached hydrogens (tertiary/aromatic N) is 2. The number of hydrogen-bond donors (Lipinski definition) is 2. The van der Waals surface area contributed by atoms with Crippen LogP contribution in [0.4, 0.5) is 0 Å². The topological polar surface area (TPSA) is 67.2 Å². The number of aryl methyl sites for hydroxylation is 1. The molecule has 0 aliphatic heterocycles. The molecule has 0 amide bonds. The molecule has 1 aromatic heterocycles. The Morgan fingerprint density at radius 1 is 1.69 bits per heavy atom. The van der Waals surface area contributed by atoms with E-state index in [1.807, 2.05) is 6.92 Å². The van der Waals surface area contributed by atoms with E-state index in [0.717, 1.165) is 5.69 Å². The summed E-state index contributed by atoms with van der Waals surface area (Å²) in [4.78, 5) is 10.9. The van der Waals surface area contributed by atoms with Crippen molar-refractivity contribution in [1.82, 2.24) is 15.1 Å². The number of carbonyl (C=O) groups is 1. The maximum Gasteiger partial charge on any atom is 0.354 e. The van der Waals surface area contributed by atoms with E-state index >= 15 is 0 Å². The molecular formula is C11H17N3O2. The predicted molar refractivity (Wildman–Crippen MR) is 59.3 cm³/mol. The first kappa shape index (κ1) is 11.1. The molecule has 0 bridgehead atoms. The molecule has 88 valence electrons. The minimum atomic E-state index is -0.913. The third-order valence-electron chi connectivity index (χ3n) is 3.03. The summed E-state index contributed by atoms with van der Waals surface area (Å²) in [5, 5.41) is 16.6. The van der Waals surface area contributed by atoms with Gasteiger partial charge in [-0.15, -0.1) is 0 Å². The molecule has 5 nitrogen and oxygen atoms in total. The van der Waals surface area contributed by atoms with Crippen LogP contribution in [0.3, 0.4) is 0 Å². The monoisotopic (exact) mass is 223 g/mol. The van der Waals surface area contributed by atoms with Crippen molar-refractivity contribution in [3.63, 3.8) is 0 Å². The number of carboxylic acid groups (broad SMARTS) is 1. The van der Waals surface area contributed by atoms with E-state index in [2.05, 4.69) is 10.4 Å². The highest BCUT2D eigenvalue weighted by Crippen LogP contribution is 2.18. The van der Waals surface area contributed by atoms with E-state index in [4.69, 9.17) is 5.11 Å². The second-order valence-electron chi connectivity index (χ2n) is 4.15. The van der Waals surface area contributed by atoms with Crippen molar-refractivity contribution in [3.05, 3.63) is 17.5 Å². The van der Waals surface area contributed by atoms with Gasteiger partial charge in [0.15, 0.2) is 0 Å². The molecule has 1 saturated carbocycles. The van der Waals surface area contributed by atoms with Crippen LogP contribution in [0.5, 0.6) is 0 Å². The lowest BCUT2D eigenvalue weighted by Gasteiger charge is -2.26. The van der Waals surface area contributed by atoms with E-state index in [1.54, 1.807) is 6.07 Å². The van der Waals surface area contributed by atoms with Crippen LogP contribution in [0.1, 0.15) is 42.4 Å². The fourth-order valence-corrected chi connectivity index (χ4v) is 1.83. The van der Waals surface area contributed by atoms with Gasteiger partial charge in [0.25, 0.3) is 0 Å². The summed E-state index contributed by atoms with van der Waals surface area (Å²) < 4.78 is 1.53. The fraction of sp³-hybridized carbons (Fsp3) is 0.636. The maximum absolute atomic E-state index is 10.9. The standard InChI is InChI=1S/C11H17N3O2/c1-2-14-10(11(15)16)6-9(13-14)7-12-8-4-3-5-8/h6,8,12H,2-5,7H2,1H3,(H,15,16). The van der Waals surface area contributed by atoms with Gasteiger partial charge in [0.2, 0.25) is 0 Å². The molecule has 1 aliphatic rings. The summed E-state index contributed by atoms with van der Waals surface area (Å²) in [6.07, 6.45) is 3.74. The van der Waals surface area contributed by atoms with Crippen LogP contribution >= 0.6 is 0 Å². The smallest absolute Gasteiger partial charge is 0.354 e. The van der Waals surface area contributed by atoms with E-state index in [9.17, 15) is 4.79 Å². The second kappa shape index (κ2) is 4.65. The lowest BCUT2D eigenvalue weighted by molar-refractivity contribution is 0.0683. The van der Waals surface area contributed by atoms with Crippen LogP contribution in [0.15, 0.2) is 6.07 Å². The molecular weight excluding hydrogens is 206 g/mol. The average Bonchev–Trinajstić information content (AvgIpc) is 2.59. The van der Waals surface area contributed by atoms with E-state index in [1.165, 1.54) is 23.9 Å².